The van der Waals surface area contributed by atoms with E-state index in [9.17, 15) is 0 Å². The lowest BCUT2D eigenvalue weighted by Gasteiger charge is -1.60. The third-order valence-corrected chi connectivity index (χ3v) is 0. The molecule has 0 spiro atoms. The zero-order valence-corrected chi connectivity index (χ0v) is 2.95. The van der Waals surface area contributed by atoms with Gasteiger partial charge in [0.05, 0.1) is 0 Å². The minimum absolute atomic E-state index is 1.25. The van der Waals surface area contributed by atoms with Crippen molar-refractivity contribution < 1.29 is 4.70 Å². The van der Waals surface area contributed by atoms with Crippen LogP contribution in [0.2, 0.25) is 0 Å². The number of hydrogen-bond acceptors (Lipinski definition) is 1. The molecule has 2 nitrogen and oxygen atoms in total. The van der Waals surface area contributed by atoms with E-state index in [0.717, 1.165) is 0 Å². The highest BCUT2D eigenvalue weighted by atomic mass is 15.1. The highest BCUT2D eigenvalue weighted by molar-refractivity contribution is 3.45. The lowest BCUT2D eigenvalue weighted by atomic mass is 11.2. The second-order valence-electron chi connectivity index (χ2n) is 0.894. The summed E-state index contributed by atoms with van der Waals surface area (Å²) in [5, 5.41) is 0. The van der Waals surface area contributed by atoms with Crippen molar-refractivity contribution in [2.24, 2.45) is 0 Å². The molecule has 4 heavy (non-hydrogen) atoms. The van der Waals surface area contributed by atoms with Gasteiger partial charge in [-0.1, -0.05) is 5.53 Å². The Morgan fingerprint density at radius 3 is 1.50 bits per heavy atom. The van der Waals surface area contributed by atoms with Gasteiger partial charge < -0.3 is 0 Å². The van der Waals surface area contributed by atoms with Gasteiger partial charge in [-0.25, -0.2) is 0 Å². The van der Waals surface area contributed by atoms with E-state index >= 15 is 0 Å². The third kappa shape index (κ3) is 3.60. The van der Waals surface area contributed by atoms with Crippen molar-refractivity contribution in [3.05, 3.63) is 0 Å². The Morgan fingerprint density at radius 1 is 1.50 bits per heavy atom. The summed E-state index contributed by atoms with van der Waals surface area (Å²) >= 11 is 0. The lowest BCUT2D eigenvalue weighted by Crippen LogP contribution is -1.83. The van der Waals surface area contributed by atoms with Gasteiger partial charge in [0, 0.05) is 0 Å². The van der Waals surface area contributed by atoms with Crippen LogP contribution in [0.3, 0.4) is 0 Å². The van der Waals surface area contributed by atoms with Crippen LogP contribution in [0.1, 0.15) is 0 Å². The molecule has 0 aliphatic rings. The van der Waals surface area contributed by atoms with Gasteiger partial charge in [0.2, 0.25) is 0 Å². The van der Waals surface area contributed by atoms with Crippen LogP contribution in [-0.2, 0) is 0 Å². The van der Waals surface area contributed by atoms with Crippen molar-refractivity contribution in [3.63, 3.8) is 0 Å². The Bertz CT molecular complexity index is 27.0. The van der Waals surface area contributed by atoms with E-state index in [2.05, 4.69) is 0 Å². The molecular formula is C2H7N2+. The number of nitrogens with one attached hydrogen (secondary N) is 1. The number of nitrogens with zero attached hydrogens (tertiary/aromatic N) is 1. The van der Waals surface area contributed by atoms with Gasteiger partial charge in [-0.05, 0) is 0 Å². The summed E-state index contributed by atoms with van der Waals surface area (Å²) in [5.41, 5.74) is 6.42. The topological polar surface area (TPSA) is 26.9 Å². The van der Waals surface area contributed by atoms with E-state index in [-0.39, 0.29) is 0 Å². The summed E-state index contributed by atoms with van der Waals surface area (Å²) in [4.78, 5) is 0. The van der Waals surface area contributed by atoms with Crippen molar-refractivity contribution >= 4 is 0 Å². The fourth-order valence-corrected chi connectivity index (χ4v) is 0. The fraction of sp³-hybridized carbons (Fsp3) is 1.00. The molecule has 0 amide bonds. The summed E-state index contributed by atoms with van der Waals surface area (Å²) in [5.74, 6) is 0. The quantitative estimate of drug-likeness (QED) is 0.307. The molecule has 0 unspecified atom stereocenters. The molecule has 0 fully saturated rings. The summed E-state index contributed by atoms with van der Waals surface area (Å²) in [7, 11) is 3.33. The molecule has 24 valence electrons. The van der Waals surface area contributed by atoms with Crippen LogP contribution in [0.4, 0.5) is 0 Å². The predicted octanol–water partition coefficient (Wildman–Crippen LogP) is 0.289. The van der Waals surface area contributed by atoms with Gasteiger partial charge in [-0.3, -0.25) is 0 Å². The molecule has 0 aromatic rings. The molecule has 0 bridgehead atoms. The third-order valence-electron chi connectivity index (χ3n) is 0. The maximum Gasteiger partial charge on any atom is 0.157 e. The zero-order valence-electron chi connectivity index (χ0n) is 2.95. The van der Waals surface area contributed by atoms with Crippen LogP contribution in [-0.4, -0.2) is 18.8 Å². The molecule has 0 aliphatic heterocycles. The van der Waals surface area contributed by atoms with Gasteiger partial charge in [-0.15, -0.1) is 4.70 Å². The summed E-state index contributed by atoms with van der Waals surface area (Å²) < 4.78 is 1.25. The van der Waals surface area contributed by atoms with Crippen molar-refractivity contribution in [2.45, 2.75) is 0 Å². The smallest absolute Gasteiger partial charge is 0.135 e. The molecule has 1 N–H and O–H groups in total. The average molecular weight is 59.1 g/mol. The first-order valence-corrected chi connectivity index (χ1v) is 1.12. The zero-order chi connectivity index (χ0) is 3.58. The van der Waals surface area contributed by atoms with E-state index in [4.69, 9.17) is 5.53 Å². The van der Waals surface area contributed by atoms with Crippen molar-refractivity contribution in [1.82, 2.24) is 0 Å². The average Bonchev–Trinajstić information content (AvgIpc) is 0.811. The molecule has 0 saturated heterocycles. The maximum absolute atomic E-state index is 6.42. The van der Waals surface area contributed by atoms with Crippen molar-refractivity contribution in [2.75, 3.05) is 14.1 Å². The molecule has 0 heterocycles. The van der Waals surface area contributed by atoms with E-state index in [1.54, 1.807) is 14.1 Å². The van der Waals surface area contributed by atoms with Crippen LogP contribution >= 0.6 is 0 Å². The Kier molecular flexibility index (Phi) is 0.886. The molecular weight excluding hydrogens is 52.0 g/mol. The maximum atomic E-state index is 6.42. The number of hydrogen-bond donors (Lipinski definition) is 1. The standard InChI is InChI=1S/C2H7N2/c1-4(2)3/h3H,1-2H3/q+1. The predicted molar refractivity (Wildman–Crippen MR) is 14.8 cm³/mol. The minimum Gasteiger partial charge on any atom is -0.135 e. The summed E-state index contributed by atoms with van der Waals surface area (Å²) in [6.45, 7) is 0. The minimum atomic E-state index is 1.25. The van der Waals surface area contributed by atoms with Crippen LogP contribution in [0, 0.1) is 5.53 Å². The highest BCUT2D eigenvalue weighted by Crippen LogP contribution is 1.35. The van der Waals surface area contributed by atoms with Gasteiger partial charge >= 0.3 is 0 Å². The molecule has 0 aromatic carbocycles. The molecule has 0 saturated carbocycles. The van der Waals surface area contributed by atoms with E-state index in [0.29, 0.717) is 0 Å². The normalized spacial score (nSPS) is 6.50. The van der Waals surface area contributed by atoms with Crippen LogP contribution < -0.4 is 0 Å². The largest absolute Gasteiger partial charge is 0.157 e. The van der Waals surface area contributed by atoms with Crippen LogP contribution in [0.25, 0.3) is 0 Å². The fourth-order valence-electron chi connectivity index (χ4n) is 0. The van der Waals surface area contributed by atoms with Gasteiger partial charge in [-0.2, -0.15) is 0 Å². The SMILES string of the molecule is C[N+](C)=N. The Morgan fingerprint density at radius 2 is 1.50 bits per heavy atom. The van der Waals surface area contributed by atoms with E-state index < -0.39 is 0 Å². The Balaban J connectivity index is 2.80. The molecule has 2 heteroatoms. The Labute approximate surface area is 25.6 Å². The van der Waals surface area contributed by atoms with Crippen LogP contribution in [0.5, 0.6) is 0 Å². The molecule has 0 aliphatic carbocycles. The highest BCUT2D eigenvalue weighted by Gasteiger charge is 1.58. The van der Waals surface area contributed by atoms with Crippen molar-refractivity contribution in [3.8, 4) is 0 Å². The first-order chi connectivity index (χ1) is 1.73. The summed E-state index contributed by atoms with van der Waals surface area (Å²) in [6.07, 6.45) is 0. The molecule has 0 radical (unpaired) electrons. The Hall–Kier alpha value is -0.400. The monoisotopic (exact) mass is 59.1 g/mol. The second kappa shape index (κ2) is 0.985. The molecule has 0 atom stereocenters. The van der Waals surface area contributed by atoms with Gasteiger partial charge in [0.1, 0.15) is 0 Å². The van der Waals surface area contributed by atoms with Crippen molar-refractivity contribution in [1.29, 1.82) is 5.53 Å². The molecule has 0 aromatic heterocycles. The lowest BCUT2D eigenvalue weighted by molar-refractivity contribution is -0.559. The van der Waals surface area contributed by atoms with Gasteiger partial charge in [0.15, 0.2) is 14.1 Å². The first kappa shape index (κ1) is 3.60. The first-order valence-electron chi connectivity index (χ1n) is 1.12. The van der Waals surface area contributed by atoms with Gasteiger partial charge in [0.25, 0.3) is 0 Å². The van der Waals surface area contributed by atoms with E-state index in [1.165, 1.54) is 4.70 Å². The summed E-state index contributed by atoms with van der Waals surface area (Å²) in [6, 6.07) is 0. The van der Waals surface area contributed by atoms with Crippen LogP contribution in [0.15, 0.2) is 0 Å². The number of rotatable bonds is 0. The van der Waals surface area contributed by atoms with E-state index in [1.807, 2.05) is 0 Å². The second-order valence-corrected chi connectivity index (χ2v) is 0.894. The molecule has 0 rings (SSSR count).